The molecule has 4 nitrogen and oxygen atoms in total. The Morgan fingerprint density at radius 3 is 2.65 bits per heavy atom. The lowest BCUT2D eigenvalue weighted by molar-refractivity contribution is -0.914. The van der Waals surface area contributed by atoms with Crippen molar-refractivity contribution in [3.8, 4) is 0 Å². The number of rotatable bonds is 3. The largest absolute Gasteiger partial charge is 0.423 e. The van der Waals surface area contributed by atoms with Gasteiger partial charge >= 0.3 is 5.63 Å². The number of anilines is 1. The van der Waals surface area contributed by atoms with Crippen LogP contribution in [0.1, 0.15) is 11.1 Å². The summed E-state index contributed by atoms with van der Waals surface area (Å²) in [4.78, 5) is 15.4. The fourth-order valence-corrected chi connectivity index (χ4v) is 3.71. The second-order valence-corrected chi connectivity index (χ2v) is 6.96. The van der Waals surface area contributed by atoms with Crippen LogP contribution in [0.2, 0.25) is 0 Å². The number of benzene rings is 2. The molecule has 0 spiro atoms. The molecule has 2 aromatic carbocycles. The van der Waals surface area contributed by atoms with Crippen LogP contribution in [0.5, 0.6) is 0 Å². The van der Waals surface area contributed by atoms with Gasteiger partial charge in [0.25, 0.3) is 0 Å². The topological polar surface area (TPSA) is 37.9 Å². The van der Waals surface area contributed by atoms with Gasteiger partial charge in [-0.3, -0.25) is 0 Å². The van der Waals surface area contributed by atoms with E-state index in [1.807, 2.05) is 31.2 Å². The van der Waals surface area contributed by atoms with Crippen molar-refractivity contribution in [1.82, 2.24) is 0 Å². The van der Waals surface area contributed by atoms with Gasteiger partial charge in [0, 0.05) is 17.0 Å². The molecule has 0 aliphatic carbocycles. The van der Waals surface area contributed by atoms with Crippen LogP contribution in [-0.4, -0.2) is 26.2 Å². The van der Waals surface area contributed by atoms with Crippen molar-refractivity contribution in [3.05, 3.63) is 75.9 Å². The number of piperazine rings is 1. The van der Waals surface area contributed by atoms with E-state index in [4.69, 9.17) is 4.42 Å². The average molecular weight is 353 g/mol. The number of aryl methyl sites for hydroxylation is 1. The molecule has 1 aromatic heterocycles. The molecule has 1 fully saturated rings. The maximum absolute atomic E-state index is 14.0. The minimum absolute atomic E-state index is 0.168. The molecule has 5 heteroatoms. The third-order valence-electron chi connectivity index (χ3n) is 5.09. The van der Waals surface area contributed by atoms with Crippen LogP contribution in [-0.2, 0) is 6.54 Å². The monoisotopic (exact) mass is 353 g/mol. The molecule has 26 heavy (non-hydrogen) atoms. The van der Waals surface area contributed by atoms with E-state index in [9.17, 15) is 9.18 Å². The van der Waals surface area contributed by atoms with Crippen molar-refractivity contribution >= 4 is 16.7 Å². The zero-order valence-electron chi connectivity index (χ0n) is 14.8. The molecule has 0 saturated carbocycles. The van der Waals surface area contributed by atoms with Crippen LogP contribution >= 0.6 is 0 Å². The van der Waals surface area contributed by atoms with E-state index in [-0.39, 0.29) is 11.4 Å². The van der Waals surface area contributed by atoms with E-state index >= 15 is 0 Å². The van der Waals surface area contributed by atoms with Gasteiger partial charge in [0.1, 0.15) is 17.9 Å². The summed E-state index contributed by atoms with van der Waals surface area (Å²) in [5.74, 6) is -0.168. The lowest BCUT2D eigenvalue weighted by Gasteiger charge is -2.33. The average Bonchev–Trinajstić information content (AvgIpc) is 2.63. The first-order chi connectivity index (χ1) is 12.6. The number of nitrogens with one attached hydrogen (secondary N) is 1. The fraction of sp³-hybridized carbons (Fsp3) is 0.286. The Hall–Kier alpha value is -2.66. The van der Waals surface area contributed by atoms with E-state index in [2.05, 4.69) is 11.0 Å². The first-order valence-corrected chi connectivity index (χ1v) is 8.96. The van der Waals surface area contributed by atoms with Crippen LogP contribution in [0.4, 0.5) is 10.1 Å². The van der Waals surface area contributed by atoms with Gasteiger partial charge in [-0.25, -0.2) is 9.18 Å². The van der Waals surface area contributed by atoms with E-state index in [0.29, 0.717) is 11.3 Å². The third-order valence-corrected chi connectivity index (χ3v) is 5.09. The summed E-state index contributed by atoms with van der Waals surface area (Å²) in [5.41, 5.74) is 3.18. The van der Waals surface area contributed by atoms with E-state index in [1.54, 1.807) is 12.1 Å². The second kappa shape index (κ2) is 6.92. The molecule has 0 radical (unpaired) electrons. The lowest BCUT2D eigenvalue weighted by atomic mass is 10.1. The third kappa shape index (κ3) is 3.35. The molecule has 3 aromatic rings. The van der Waals surface area contributed by atoms with Crippen molar-refractivity contribution in [2.24, 2.45) is 0 Å². The van der Waals surface area contributed by atoms with Crippen LogP contribution in [0.15, 0.2) is 57.7 Å². The Morgan fingerprint density at radius 2 is 1.88 bits per heavy atom. The molecule has 4 rings (SSSR count). The maximum Gasteiger partial charge on any atom is 0.336 e. The molecule has 0 bridgehead atoms. The highest BCUT2D eigenvalue weighted by Gasteiger charge is 2.23. The van der Waals surface area contributed by atoms with Gasteiger partial charge in [0.2, 0.25) is 0 Å². The molecule has 0 atom stereocenters. The molecule has 1 aliphatic heterocycles. The lowest BCUT2D eigenvalue weighted by Crippen LogP contribution is -3.13. The van der Waals surface area contributed by atoms with Crippen molar-refractivity contribution in [2.45, 2.75) is 13.5 Å². The number of quaternary nitrogens is 1. The smallest absolute Gasteiger partial charge is 0.336 e. The minimum atomic E-state index is -0.305. The Morgan fingerprint density at radius 1 is 1.12 bits per heavy atom. The molecule has 0 amide bonds. The Labute approximate surface area is 151 Å². The Kier molecular flexibility index (Phi) is 4.47. The van der Waals surface area contributed by atoms with Gasteiger partial charge in [-0.1, -0.05) is 23.8 Å². The van der Waals surface area contributed by atoms with Crippen molar-refractivity contribution in [1.29, 1.82) is 0 Å². The molecule has 1 saturated heterocycles. The van der Waals surface area contributed by atoms with Crippen molar-refractivity contribution < 1.29 is 13.7 Å². The van der Waals surface area contributed by atoms with Gasteiger partial charge in [-0.2, -0.15) is 0 Å². The highest BCUT2D eigenvalue weighted by molar-refractivity contribution is 5.80. The minimum Gasteiger partial charge on any atom is -0.423 e. The van der Waals surface area contributed by atoms with Gasteiger partial charge in [-0.05, 0) is 31.2 Å². The molecule has 134 valence electrons. The molecular weight excluding hydrogens is 331 g/mol. The predicted molar refractivity (Wildman–Crippen MR) is 100 cm³/mol. The normalized spacial score (nSPS) is 15.5. The summed E-state index contributed by atoms with van der Waals surface area (Å²) >= 11 is 0. The van der Waals surface area contributed by atoms with Gasteiger partial charge in [-0.15, -0.1) is 0 Å². The quantitative estimate of drug-likeness (QED) is 0.733. The van der Waals surface area contributed by atoms with Crippen LogP contribution in [0, 0.1) is 12.7 Å². The number of para-hydroxylation sites is 1. The molecule has 0 unspecified atom stereocenters. The van der Waals surface area contributed by atoms with E-state index < -0.39 is 0 Å². The Balaban J connectivity index is 1.51. The first-order valence-electron chi connectivity index (χ1n) is 8.96. The second-order valence-electron chi connectivity index (χ2n) is 6.96. The molecule has 2 heterocycles. The van der Waals surface area contributed by atoms with Crippen molar-refractivity contribution in [2.75, 3.05) is 31.1 Å². The standard InChI is InChI=1S/C21H21FN2O2/c1-15-6-7-20-17(12-15)16(13-21(25)26-20)14-23-8-10-24(11-9-23)19-5-3-2-4-18(19)22/h2-7,12-13H,8-11,14H2,1H3/p+1. The summed E-state index contributed by atoms with van der Waals surface area (Å²) in [7, 11) is 0. The zero-order chi connectivity index (χ0) is 18.1. The SMILES string of the molecule is Cc1ccc2oc(=O)cc(C[NH+]3CCN(c4ccccc4F)CC3)c2c1. The van der Waals surface area contributed by atoms with Gasteiger partial charge in [0.05, 0.1) is 31.9 Å². The van der Waals surface area contributed by atoms with Crippen LogP contribution in [0.25, 0.3) is 11.0 Å². The summed E-state index contributed by atoms with van der Waals surface area (Å²) < 4.78 is 19.3. The Bertz CT molecular complexity index is 991. The summed E-state index contributed by atoms with van der Waals surface area (Å²) in [6, 6.07) is 14.4. The molecular formula is C21H22FN2O2+. The van der Waals surface area contributed by atoms with E-state index in [0.717, 1.165) is 49.2 Å². The zero-order valence-corrected chi connectivity index (χ0v) is 14.8. The summed E-state index contributed by atoms with van der Waals surface area (Å²) in [6.45, 7) is 6.22. The molecule has 1 aliphatic rings. The number of fused-ring (bicyclic) bond motifs is 1. The van der Waals surface area contributed by atoms with Gasteiger partial charge < -0.3 is 14.2 Å². The van der Waals surface area contributed by atoms with Crippen LogP contribution in [0.3, 0.4) is 0 Å². The molecule has 1 N–H and O–H groups in total. The van der Waals surface area contributed by atoms with E-state index in [1.165, 1.54) is 11.0 Å². The number of hydrogen-bond donors (Lipinski definition) is 1. The van der Waals surface area contributed by atoms with Crippen LogP contribution < -0.4 is 15.4 Å². The maximum atomic E-state index is 14.0. The number of nitrogens with zero attached hydrogens (tertiary/aromatic N) is 1. The summed E-state index contributed by atoms with van der Waals surface area (Å²) in [6.07, 6.45) is 0. The highest BCUT2D eigenvalue weighted by Crippen LogP contribution is 2.19. The van der Waals surface area contributed by atoms with Crippen molar-refractivity contribution in [3.63, 3.8) is 0 Å². The number of hydrogen-bond acceptors (Lipinski definition) is 3. The van der Waals surface area contributed by atoms with Gasteiger partial charge in [0.15, 0.2) is 0 Å². The highest BCUT2D eigenvalue weighted by atomic mass is 19.1. The number of halogens is 1. The summed E-state index contributed by atoms with van der Waals surface area (Å²) in [5, 5.41) is 1.01. The predicted octanol–water partition coefficient (Wildman–Crippen LogP) is 2.15. The first kappa shape index (κ1) is 16.8. The fourth-order valence-electron chi connectivity index (χ4n) is 3.71.